The lowest BCUT2D eigenvalue weighted by Crippen LogP contribution is -2.33. The lowest BCUT2D eigenvalue weighted by molar-refractivity contribution is -0.136. The van der Waals surface area contributed by atoms with Crippen molar-refractivity contribution in [3.63, 3.8) is 0 Å². The molecule has 0 spiro atoms. The van der Waals surface area contributed by atoms with Crippen molar-refractivity contribution in [1.82, 2.24) is 5.43 Å². The van der Waals surface area contributed by atoms with Crippen molar-refractivity contribution in [1.29, 1.82) is 0 Å². The summed E-state index contributed by atoms with van der Waals surface area (Å²) in [6.45, 7) is 2.04. The number of amides is 2. The molecule has 0 heterocycles. The van der Waals surface area contributed by atoms with Crippen LogP contribution < -0.4 is 15.5 Å². The lowest BCUT2D eigenvalue weighted by atomic mass is 10.1. The first kappa shape index (κ1) is 23.6. The Morgan fingerprint density at radius 1 is 0.875 bits per heavy atom. The lowest BCUT2D eigenvalue weighted by Gasteiger charge is -2.09. The quantitative estimate of drug-likeness (QED) is 0.264. The highest BCUT2D eigenvalue weighted by molar-refractivity contribution is 6.45. The van der Waals surface area contributed by atoms with Gasteiger partial charge in [0.25, 0.3) is 0 Å². The van der Waals surface area contributed by atoms with Crippen LogP contribution in [0.15, 0.2) is 71.8 Å². The van der Waals surface area contributed by atoms with Gasteiger partial charge in [-0.2, -0.15) is 5.10 Å². The van der Waals surface area contributed by atoms with E-state index in [9.17, 15) is 9.59 Å². The number of anilines is 1. The first-order valence-corrected chi connectivity index (χ1v) is 10.5. The average molecular weight is 491 g/mol. The van der Waals surface area contributed by atoms with E-state index in [0.717, 1.165) is 11.1 Å². The molecule has 2 amide bonds. The summed E-state index contributed by atoms with van der Waals surface area (Å²) in [4.78, 5) is 24.1. The van der Waals surface area contributed by atoms with Crippen molar-refractivity contribution in [2.45, 2.75) is 13.5 Å². The summed E-state index contributed by atoms with van der Waals surface area (Å²) in [5.74, 6) is -1.21. The number of halogens is 3. The van der Waals surface area contributed by atoms with Crippen LogP contribution in [0.4, 0.5) is 5.69 Å². The van der Waals surface area contributed by atoms with E-state index in [-0.39, 0.29) is 15.7 Å². The molecule has 0 radical (unpaired) electrons. The average Bonchev–Trinajstić information content (AvgIpc) is 2.80. The van der Waals surface area contributed by atoms with Gasteiger partial charge in [-0.3, -0.25) is 9.59 Å². The number of nitrogens with zero attached hydrogens (tertiary/aromatic N) is 1. The summed E-state index contributed by atoms with van der Waals surface area (Å²) in [5.41, 5.74) is 4.58. The van der Waals surface area contributed by atoms with E-state index < -0.39 is 11.8 Å². The van der Waals surface area contributed by atoms with Gasteiger partial charge >= 0.3 is 11.8 Å². The predicted octanol–water partition coefficient (Wildman–Crippen LogP) is 5.70. The van der Waals surface area contributed by atoms with E-state index in [2.05, 4.69) is 15.8 Å². The van der Waals surface area contributed by atoms with Crippen LogP contribution in [0.2, 0.25) is 15.1 Å². The number of rotatable bonds is 6. The first-order valence-electron chi connectivity index (χ1n) is 9.41. The SMILES string of the molecule is C/C(=N\NC(=O)C(=O)Nc1cccc(Cl)c1Cl)c1ccc(OCc2ccccc2Cl)cc1. The fourth-order valence-electron chi connectivity index (χ4n) is 2.60. The number of hydrogen-bond acceptors (Lipinski definition) is 4. The molecule has 0 atom stereocenters. The van der Waals surface area contributed by atoms with Crippen molar-refractivity contribution in [3.8, 4) is 5.75 Å². The molecule has 0 saturated heterocycles. The predicted molar refractivity (Wildman–Crippen MR) is 128 cm³/mol. The molecule has 164 valence electrons. The van der Waals surface area contributed by atoms with Gasteiger partial charge in [-0.25, -0.2) is 5.43 Å². The molecular weight excluding hydrogens is 473 g/mol. The Labute approximate surface area is 200 Å². The van der Waals surface area contributed by atoms with Gasteiger partial charge in [0.15, 0.2) is 0 Å². The first-order chi connectivity index (χ1) is 15.3. The minimum atomic E-state index is -0.944. The Morgan fingerprint density at radius 2 is 1.56 bits per heavy atom. The van der Waals surface area contributed by atoms with Gasteiger partial charge in [0.05, 0.1) is 21.4 Å². The Morgan fingerprint density at radius 3 is 2.28 bits per heavy atom. The van der Waals surface area contributed by atoms with Crippen LogP contribution >= 0.6 is 34.8 Å². The largest absolute Gasteiger partial charge is 0.489 e. The van der Waals surface area contributed by atoms with Crippen LogP contribution in [0.3, 0.4) is 0 Å². The Bertz CT molecular complexity index is 1160. The summed E-state index contributed by atoms with van der Waals surface area (Å²) in [7, 11) is 0. The third-order valence-corrected chi connectivity index (χ3v) is 5.54. The molecule has 0 aliphatic carbocycles. The molecule has 0 aromatic heterocycles. The molecule has 0 bridgehead atoms. The normalized spacial score (nSPS) is 11.1. The molecule has 0 aliphatic heterocycles. The third-order valence-electron chi connectivity index (χ3n) is 4.36. The number of hydrazone groups is 1. The minimum absolute atomic E-state index is 0.145. The van der Waals surface area contributed by atoms with Gasteiger partial charge < -0.3 is 10.1 Å². The fraction of sp³-hybridized carbons (Fsp3) is 0.0870. The number of benzene rings is 3. The summed E-state index contributed by atoms with van der Waals surface area (Å²) in [6.07, 6.45) is 0. The number of hydrogen-bond donors (Lipinski definition) is 2. The fourth-order valence-corrected chi connectivity index (χ4v) is 3.14. The van der Waals surface area contributed by atoms with Crippen LogP contribution in [-0.4, -0.2) is 17.5 Å². The van der Waals surface area contributed by atoms with Gasteiger partial charge in [0.2, 0.25) is 0 Å². The van der Waals surface area contributed by atoms with Crippen LogP contribution in [0.1, 0.15) is 18.1 Å². The maximum atomic E-state index is 12.1. The zero-order valence-corrected chi connectivity index (χ0v) is 19.1. The van der Waals surface area contributed by atoms with Gasteiger partial charge in [-0.15, -0.1) is 0 Å². The second-order valence-electron chi connectivity index (χ2n) is 6.60. The van der Waals surface area contributed by atoms with Gasteiger partial charge in [-0.05, 0) is 55.0 Å². The Kier molecular flexibility index (Phi) is 8.11. The zero-order valence-electron chi connectivity index (χ0n) is 16.9. The molecular formula is C23H18Cl3N3O3. The summed E-state index contributed by atoms with van der Waals surface area (Å²) in [5, 5.41) is 7.41. The van der Waals surface area contributed by atoms with Crippen molar-refractivity contribution >= 4 is 58.0 Å². The van der Waals surface area contributed by atoms with Gasteiger partial charge in [0, 0.05) is 10.6 Å². The Balaban J connectivity index is 1.56. The summed E-state index contributed by atoms with van der Waals surface area (Å²) < 4.78 is 5.74. The standard InChI is InChI=1S/C23H18Cl3N3O3/c1-14(28-29-23(31)22(30)27-20-8-4-7-19(25)21(20)26)15-9-11-17(12-10-15)32-13-16-5-2-3-6-18(16)24/h2-12H,13H2,1H3,(H,27,30)(H,29,31)/b28-14+. The van der Waals surface area contributed by atoms with Crippen molar-refractivity contribution in [2.24, 2.45) is 5.10 Å². The number of ether oxygens (including phenoxy) is 1. The van der Waals surface area contributed by atoms with Gasteiger partial charge in [-0.1, -0.05) is 59.1 Å². The molecule has 0 aliphatic rings. The van der Waals surface area contributed by atoms with Crippen molar-refractivity contribution in [3.05, 3.63) is 92.9 Å². The second kappa shape index (κ2) is 11.0. The van der Waals surface area contributed by atoms with E-state index in [4.69, 9.17) is 39.5 Å². The molecule has 0 fully saturated rings. The van der Waals surface area contributed by atoms with Crippen LogP contribution in [0.5, 0.6) is 5.75 Å². The van der Waals surface area contributed by atoms with Gasteiger partial charge in [0.1, 0.15) is 12.4 Å². The molecule has 0 saturated carbocycles. The van der Waals surface area contributed by atoms with Crippen LogP contribution in [0.25, 0.3) is 0 Å². The zero-order chi connectivity index (χ0) is 23.1. The monoisotopic (exact) mass is 489 g/mol. The summed E-state index contributed by atoms with van der Waals surface area (Å²) >= 11 is 18.0. The molecule has 9 heteroatoms. The van der Waals surface area contributed by atoms with Crippen LogP contribution in [-0.2, 0) is 16.2 Å². The minimum Gasteiger partial charge on any atom is -0.489 e. The van der Waals surface area contributed by atoms with E-state index >= 15 is 0 Å². The maximum Gasteiger partial charge on any atom is 0.329 e. The highest BCUT2D eigenvalue weighted by Gasteiger charge is 2.15. The molecule has 0 unspecified atom stereocenters. The highest BCUT2D eigenvalue weighted by atomic mass is 35.5. The molecule has 2 N–H and O–H groups in total. The molecule has 6 nitrogen and oxygen atoms in total. The van der Waals surface area contributed by atoms with E-state index in [1.54, 1.807) is 49.4 Å². The number of carbonyl (C=O) groups is 2. The molecule has 3 rings (SSSR count). The van der Waals surface area contributed by atoms with E-state index in [1.165, 1.54) is 6.07 Å². The third kappa shape index (κ3) is 6.23. The highest BCUT2D eigenvalue weighted by Crippen LogP contribution is 2.29. The smallest absolute Gasteiger partial charge is 0.329 e. The van der Waals surface area contributed by atoms with E-state index in [0.29, 0.717) is 23.1 Å². The van der Waals surface area contributed by atoms with Crippen LogP contribution in [0, 0.1) is 0 Å². The number of nitrogens with one attached hydrogen (secondary N) is 2. The summed E-state index contributed by atoms with van der Waals surface area (Å²) in [6, 6.07) is 19.3. The van der Waals surface area contributed by atoms with E-state index in [1.807, 2.05) is 18.2 Å². The Hall–Kier alpha value is -3.06. The molecule has 32 heavy (non-hydrogen) atoms. The number of carbonyl (C=O) groups excluding carboxylic acids is 2. The van der Waals surface area contributed by atoms with Crippen molar-refractivity contribution in [2.75, 3.05) is 5.32 Å². The molecule has 3 aromatic rings. The second-order valence-corrected chi connectivity index (χ2v) is 7.79. The maximum absolute atomic E-state index is 12.1. The topological polar surface area (TPSA) is 79.8 Å². The molecule has 3 aromatic carbocycles. The van der Waals surface area contributed by atoms with Crippen molar-refractivity contribution < 1.29 is 14.3 Å².